The molecule has 2 rings (SSSR count). The molecule has 0 bridgehead atoms. The molecule has 0 radical (unpaired) electrons. The van der Waals surface area contributed by atoms with Gasteiger partial charge in [-0.25, -0.2) is 4.98 Å². The van der Waals surface area contributed by atoms with Gasteiger partial charge in [-0.15, -0.1) is 6.42 Å². The number of imidazole rings is 1. The van der Waals surface area contributed by atoms with Crippen LogP contribution in [-0.4, -0.2) is 40.1 Å². The SMILES string of the molecule is C#CCN1CCC(NCc2nccn2C)CC1. The van der Waals surface area contributed by atoms with Gasteiger partial charge >= 0.3 is 0 Å². The Morgan fingerprint density at radius 3 is 2.88 bits per heavy atom. The van der Waals surface area contributed by atoms with E-state index in [4.69, 9.17) is 6.42 Å². The van der Waals surface area contributed by atoms with E-state index in [0.29, 0.717) is 6.04 Å². The molecule has 4 heteroatoms. The Labute approximate surface area is 103 Å². The second kappa shape index (κ2) is 5.85. The van der Waals surface area contributed by atoms with Crippen molar-refractivity contribution < 1.29 is 0 Å². The summed E-state index contributed by atoms with van der Waals surface area (Å²) in [5.74, 6) is 3.80. The first kappa shape index (κ1) is 12.2. The van der Waals surface area contributed by atoms with Crippen LogP contribution >= 0.6 is 0 Å². The van der Waals surface area contributed by atoms with Crippen LogP contribution in [-0.2, 0) is 13.6 Å². The molecule has 1 aliphatic heterocycles. The summed E-state index contributed by atoms with van der Waals surface area (Å²) in [5, 5.41) is 3.57. The van der Waals surface area contributed by atoms with Crippen molar-refractivity contribution in [3.8, 4) is 12.3 Å². The number of hydrogen-bond donors (Lipinski definition) is 1. The summed E-state index contributed by atoms with van der Waals surface area (Å²) in [6, 6.07) is 0.598. The maximum absolute atomic E-state index is 5.32. The summed E-state index contributed by atoms with van der Waals surface area (Å²) in [6.07, 6.45) is 11.5. The van der Waals surface area contributed by atoms with Crippen LogP contribution in [0.15, 0.2) is 12.4 Å². The number of likely N-dealkylation sites (tertiary alicyclic amines) is 1. The maximum atomic E-state index is 5.32. The number of piperidine rings is 1. The van der Waals surface area contributed by atoms with E-state index in [1.807, 2.05) is 19.4 Å². The van der Waals surface area contributed by atoms with Gasteiger partial charge in [0.1, 0.15) is 5.82 Å². The van der Waals surface area contributed by atoms with E-state index < -0.39 is 0 Å². The Morgan fingerprint density at radius 1 is 1.53 bits per heavy atom. The Bertz CT molecular complexity index is 382. The minimum Gasteiger partial charge on any atom is -0.337 e. The van der Waals surface area contributed by atoms with Crippen molar-refractivity contribution in [1.82, 2.24) is 19.8 Å². The molecule has 2 heterocycles. The second-order valence-corrected chi connectivity index (χ2v) is 4.59. The average molecular weight is 232 g/mol. The molecule has 0 aromatic carbocycles. The molecule has 1 N–H and O–H groups in total. The van der Waals surface area contributed by atoms with Crippen molar-refractivity contribution >= 4 is 0 Å². The quantitative estimate of drug-likeness (QED) is 0.772. The Morgan fingerprint density at radius 2 is 2.29 bits per heavy atom. The van der Waals surface area contributed by atoms with Gasteiger partial charge in [-0.2, -0.15) is 0 Å². The van der Waals surface area contributed by atoms with Crippen LogP contribution in [0.3, 0.4) is 0 Å². The van der Waals surface area contributed by atoms with Crippen molar-refractivity contribution in [2.75, 3.05) is 19.6 Å². The molecule has 0 amide bonds. The predicted octanol–water partition coefficient (Wildman–Crippen LogP) is 0.607. The van der Waals surface area contributed by atoms with Crippen molar-refractivity contribution in [3.05, 3.63) is 18.2 Å². The number of rotatable bonds is 4. The third-order valence-electron chi connectivity index (χ3n) is 3.37. The second-order valence-electron chi connectivity index (χ2n) is 4.59. The average Bonchev–Trinajstić information content (AvgIpc) is 2.75. The number of aryl methyl sites for hydroxylation is 1. The van der Waals surface area contributed by atoms with Crippen LogP contribution in [0.5, 0.6) is 0 Å². The highest BCUT2D eigenvalue weighted by molar-refractivity contribution is 4.93. The lowest BCUT2D eigenvalue weighted by Crippen LogP contribution is -2.42. The lowest BCUT2D eigenvalue weighted by Gasteiger charge is -2.31. The number of nitrogens with one attached hydrogen (secondary N) is 1. The largest absolute Gasteiger partial charge is 0.337 e. The van der Waals surface area contributed by atoms with Gasteiger partial charge in [0.2, 0.25) is 0 Å². The first-order valence-electron chi connectivity index (χ1n) is 6.15. The minimum atomic E-state index is 0.598. The van der Waals surface area contributed by atoms with Crippen LogP contribution in [0.2, 0.25) is 0 Å². The first-order chi connectivity index (χ1) is 8.29. The Kier molecular flexibility index (Phi) is 4.18. The van der Waals surface area contributed by atoms with Crippen LogP contribution in [0.1, 0.15) is 18.7 Å². The van der Waals surface area contributed by atoms with E-state index in [1.54, 1.807) is 0 Å². The fourth-order valence-electron chi connectivity index (χ4n) is 2.23. The van der Waals surface area contributed by atoms with Gasteiger partial charge in [0.25, 0.3) is 0 Å². The van der Waals surface area contributed by atoms with Gasteiger partial charge in [-0.3, -0.25) is 4.90 Å². The fraction of sp³-hybridized carbons (Fsp3) is 0.615. The van der Waals surface area contributed by atoms with Crippen molar-refractivity contribution in [1.29, 1.82) is 0 Å². The molecule has 1 fully saturated rings. The molecule has 1 aliphatic rings. The van der Waals surface area contributed by atoms with E-state index in [0.717, 1.165) is 32.0 Å². The topological polar surface area (TPSA) is 33.1 Å². The highest BCUT2D eigenvalue weighted by atomic mass is 15.1. The zero-order chi connectivity index (χ0) is 12.1. The Balaban J connectivity index is 1.72. The van der Waals surface area contributed by atoms with Crippen LogP contribution in [0.4, 0.5) is 0 Å². The third kappa shape index (κ3) is 3.32. The van der Waals surface area contributed by atoms with Gasteiger partial charge in [0, 0.05) is 38.6 Å². The molecule has 0 spiro atoms. The molecule has 1 saturated heterocycles. The number of hydrogen-bond acceptors (Lipinski definition) is 3. The highest BCUT2D eigenvalue weighted by Gasteiger charge is 2.18. The van der Waals surface area contributed by atoms with E-state index in [-0.39, 0.29) is 0 Å². The monoisotopic (exact) mass is 232 g/mol. The molecule has 0 saturated carbocycles. The van der Waals surface area contributed by atoms with Crippen molar-refractivity contribution in [2.45, 2.75) is 25.4 Å². The molecule has 17 heavy (non-hydrogen) atoms. The van der Waals surface area contributed by atoms with Crippen LogP contribution in [0, 0.1) is 12.3 Å². The molecule has 4 nitrogen and oxygen atoms in total. The summed E-state index contributed by atoms with van der Waals surface area (Å²) in [6.45, 7) is 3.83. The first-order valence-corrected chi connectivity index (χ1v) is 6.15. The van der Waals surface area contributed by atoms with Crippen LogP contribution < -0.4 is 5.32 Å². The van der Waals surface area contributed by atoms with E-state index in [1.165, 1.54) is 12.8 Å². The molecule has 0 unspecified atom stereocenters. The molecule has 1 aromatic rings. The smallest absolute Gasteiger partial charge is 0.122 e. The molecular weight excluding hydrogens is 212 g/mol. The normalized spacial score (nSPS) is 18.1. The van der Waals surface area contributed by atoms with Crippen molar-refractivity contribution in [2.24, 2.45) is 7.05 Å². The van der Waals surface area contributed by atoms with Crippen LogP contribution in [0.25, 0.3) is 0 Å². The van der Waals surface area contributed by atoms with E-state index in [9.17, 15) is 0 Å². The van der Waals surface area contributed by atoms with Gasteiger partial charge in [0.15, 0.2) is 0 Å². The van der Waals surface area contributed by atoms with Gasteiger partial charge in [0.05, 0.1) is 13.1 Å². The number of terminal acetylenes is 1. The van der Waals surface area contributed by atoms with E-state index in [2.05, 4.69) is 25.7 Å². The standard InChI is InChI=1S/C13H20N4/c1-3-7-17-8-4-12(5-9-17)15-11-13-14-6-10-16(13)2/h1,6,10,12,15H,4-5,7-9,11H2,2H3. The summed E-state index contributed by atoms with van der Waals surface area (Å²) in [7, 11) is 2.03. The zero-order valence-corrected chi connectivity index (χ0v) is 10.4. The Hall–Kier alpha value is -1.31. The molecule has 0 aliphatic carbocycles. The molecule has 0 atom stereocenters. The lowest BCUT2D eigenvalue weighted by atomic mass is 10.1. The van der Waals surface area contributed by atoms with Gasteiger partial charge < -0.3 is 9.88 Å². The van der Waals surface area contributed by atoms with Crippen molar-refractivity contribution in [3.63, 3.8) is 0 Å². The number of aromatic nitrogens is 2. The minimum absolute atomic E-state index is 0.598. The fourth-order valence-corrected chi connectivity index (χ4v) is 2.23. The van der Waals surface area contributed by atoms with Gasteiger partial charge in [-0.1, -0.05) is 5.92 Å². The summed E-state index contributed by atoms with van der Waals surface area (Å²) < 4.78 is 2.06. The zero-order valence-electron chi connectivity index (χ0n) is 10.4. The lowest BCUT2D eigenvalue weighted by molar-refractivity contribution is 0.216. The molecule has 92 valence electrons. The summed E-state index contributed by atoms with van der Waals surface area (Å²) in [5.41, 5.74) is 0. The summed E-state index contributed by atoms with van der Waals surface area (Å²) >= 11 is 0. The van der Waals surface area contributed by atoms with E-state index >= 15 is 0 Å². The number of nitrogens with zero attached hydrogens (tertiary/aromatic N) is 3. The molecular formula is C13H20N4. The highest BCUT2D eigenvalue weighted by Crippen LogP contribution is 2.10. The van der Waals surface area contributed by atoms with Gasteiger partial charge in [-0.05, 0) is 12.8 Å². The maximum Gasteiger partial charge on any atom is 0.122 e. The third-order valence-corrected chi connectivity index (χ3v) is 3.37. The predicted molar refractivity (Wildman–Crippen MR) is 68.3 cm³/mol. The molecule has 1 aromatic heterocycles. The summed E-state index contributed by atoms with van der Waals surface area (Å²) in [4.78, 5) is 6.64.